The van der Waals surface area contributed by atoms with E-state index in [9.17, 15) is 21.9 Å². The van der Waals surface area contributed by atoms with Crippen LogP contribution in [0.4, 0.5) is 0 Å². The van der Waals surface area contributed by atoms with Crippen molar-refractivity contribution in [3.63, 3.8) is 0 Å². The number of thiophene rings is 1. The van der Waals surface area contributed by atoms with E-state index in [4.69, 9.17) is 5.14 Å². The number of likely N-dealkylation sites (N-methyl/N-ethyl adjacent to an activating group) is 1. The van der Waals surface area contributed by atoms with Crippen LogP contribution in [0.2, 0.25) is 0 Å². The largest absolute Gasteiger partial charge is 0.508 e. The van der Waals surface area contributed by atoms with E-state index in [0.29, 0.717) is 29.0 Å². The van der Waals surface area contributed by atoms with Crippen molar-refractivity contribution in [1.29, 1.82) is 0 Å². The molecule has 0 fully saturated rings. The first-order chi connectivity index (χ1) is 12.1. The van der Waals surface area contributed by atoms with Crippen LogP contribution in [-0.4, -0.2) is 39.3 Å². The SMILES string of the molecule is CCN[C@H]1CN(Cc2ccc(O)cc2)S(=O)(=O)c2sc(S(N)(=O)=O)cc21. The second-order valence-electron chi connectivity index (χ2n) is 5.93. The first-order valence-electron chi connectivity index (χ1n) is 7.81. The maximum atomic E-state index is 13.0. The number of rotatable bonds is 5. The Bertz CT molecular complexity index is 1010. The second-order valence-corrected chi connectivity index (χ2v) is 10.9. The molecule has 8 nitrogen and oxygen atoms in total. The fourth-order valence-corrected chi connectivity index (χ4v) is 7.10. The summed E-state index contributed by atoms with van der Waals surface area (Å²) in [4.78, 5) is 0. The Labute approximate surface area is 156 Å². The minimum absolute atomic E-state index is 0.00231. The number of nitrogens with two attached hydrogens (primary N) is 1. The van der Waals surface area contributed by atoms with Crippen LogP contribution in [-0.2, 0) is 26.6 Å². The molecule has 1 atom stereocenters. The topological polar surface area (TPSA) is 130 Å². The number of benzene rings is 1. The molecule has 2 heterocycles. The van der Waals surface area contributed by atoms with Crippen molar-refractivity contribution in [2.24, 2.45) is 5.14 Å². The van der Waals surface area contributed by atoms with Crippen LogP contribution in [0.15, 0.2) is 38.8 Å². The van der Waals surface area contributed by atoms with Gasteiger partial charge < -0.3 is 10.4 Å². The van der Waals surface area contributed by atoms with Crippen LogP contribution >= 0.6 is 11.3 Å². The minimum atomic E-state index is -3.99. The van der Waals surface area contributed by atoms with Gasteiger partial charge in [-0.05, 0) is 30.3 Å². The van der Waals surface area contributed by atoms with Gasteiger partial charge in [0.1, 0.15) is 14.2 Å². The molecular weight excluding hydrogens is 398 g/mol. The first-order valence-corrected chi connectivity index (χ1v) is 11.6. The molecule has 1 aliphatic rings. The zero-order chi connectivity index (χ0) is 19.1. The Kier molecular flexibility index (Phi) is 5.12. The van der Waals surface area contributed by atoms with E-state index >= 15 is 0 Å². The molecule has 0 bridgehead atoms. The van der Waals surface area contributed by atoms with Crippen molar-refractivity contribution >= 4 is 31.4 Å². The molecule has 142 valence electrons. The van der Waals surface area contributed by atoms with Gasteiger partial charge in [-0.25, -0.2) is 22.0 Å². The number of aromatic hydroxyl groups is 1. The smallest absolute Gasteiger partial charge is 0.253 e. The highest BCUT2D eigenvalue weighted by atomic mass is 32.3. The van der Waals surface area contributed by atoms with Crippen molar-refractivity contribution < 1.29 is 21.9 Å². The van der Waals surface area contributed by atoms with E-state index in [1.165, 1.54) is 22.5 Å². The number of hydrogen-bond donors (Lipinski definition) is 3. The first kappa shape index (κ1) is 19.3. The standard InChI is InChI=1S/C15H19N3O5S3/c1-2-17-13-9-18(8-10-3-5-11(19)6-4-10)26(22,23)15-12(13)7-14(24-15)25(16,20)21/h3-7,13,17,19H,2,8-9H2,1H3,(H2,16,20,21)/t13-/m0/s1. The maximum absolute atomic E-state index is 13.0. The highest BCUT2D eigenvalue weighted by Gasteiger charge is 2.39. The maximum Gasteiger partial charge on any atom is 0.253 e. The van der Waals surface area contributed by atoms with Crippen LogP contribution in [0.1, 0.15) is 24.1 Å². The van der Waals surface area contributed by atoms with Crippen LogP contribution in [0.5, 0.6) is 5.75 Å². The van der Waals surface area contributed by atoms with Gasteiger partial charge in [0.25, 0.3) is 10.0 Å². The molecule has 0 amide bonds. The Hall–Kier alpha value is -1.50. The zero-order valence-electron chi connectivity index (χ0n) is 13.9. The Morgan fingerprint density at radius 2 is 2.00 bits per heavy atom. The van der Waals surface area contributed by atoms with Crippen molar-refractivity contribution in [2.75, 3.05) is 13.1 Å². The summed E-state index contributed by atoms with van der Waals surface area (Å²) in [6.07, 6.45) is 0. The van der Waals surface area contributed by atoms with E-state index in [0.717, 1.165) is 0 Å². The molecule has 11 heteroatoms. The van der Waals surface area contributed by atoms with Gasteiger partial charge in [-0.15, -0.1) is 11.3 Å². The summed E-state index contributed by atoms with van der Waals surface area (Å²) < 4.78 is 50.4. The molecule has 0 unspecified atom stereocenters. The van der Waals surface area contributed by atoms with E-state index in [2.05, 4.69) is 5.32 Å². The molecule has 0 radical (unpaired) electrons. The number of hydrogen-bond acceptors (Lipinski definition) is 7. The molecule has 1 aromatic carbocycles. The number of nitrogens with one attached hydrogen (secondary N) is 1. The van der Waals surface area contributed by atoms with Gasteiger partial charge in [0.05, 0.1) is 0 Å². The number of sulfonamides is 2. The molecule has 0 spiro atoms. The Morgan fingerprint density at radius 1 is 1.35 bits per heavy atom. The zero-order valence-corrected chi connectivity index (χ0v) is 16.4. The number of nitrogens with zero attached hydrogens (tertiary/aromatic N) is 1. The molecule has 3 rings (SSSR count). The lowest BCUT2D eigenvalue weighted by molar-refractivity contribution is 0.339. The van der Waals surface area contributed by atoms with Crippen molar-refractivity contribution in [3.05, 3.63) is 41.5 Å². The van der Waals surface area contributed by atoms with Gasteiger partial charge in [0, 0.05) is 24.7 Å². The molecule has 0 saturated heterocycles. The molecule has 0 aliphatic carbocycles. The van der Waals surface area contributed by atoms with Crippen molar-refractivity contribution in [3.8, 4) is 5.75 Å². The second kappa shape index (κ2) is 6.91. The van der Waals surface area contributed by atoms with Crippen LogP contribution < -0.4 is 10.5 Å². The summed E-state index contributed by atoms with van der Waals surface area (Å²) in [6, 6.07) is 7.28. The van der Waals surface area contributed by atoms with Gasteiger partial charge in [-0.3, -0.25) is 0 Å². The van der Waals surface area contributed by atoms with E-state index in [1.54, 1.807) is 12.1 Å². The predicted octanol–water partition coefficient (Wildman–Crippen LogP) is 0.956. The highest BCUT2D eigenvalue weighted by molar-refractivity contribution is 7.94. The van der Waals surface area contributed by atoms with Crippen molar-refractivity contribution in [1.82, 2.24) is 9.62 Å². The summed E-state index contributed by atoms with van der Waals surface area (Å²) >= 11 is 0.673. The average molecular weight is 418 g/mol. The summed E-state index contributed by atoms with van der Waals surface area (Å²) in [7, 11) is -7.84. The van der Waals surface area contributed by atoms with Crippen molar-refractivity contribution in [2.45, 2.75) is 27.9 Å². The lowest BCUT2D eigenvalue weighted by Gasteiger charge is -2.32. The van der Waals surface area contributed by atoms with Gasteiger partial charge in [0.15, 0.2) is 0 Å². The minimum Gasteiger partial charge on any atom is -0.508 e. The van der Waals surface area contributed by atoms with Crippen LogP contribution in [0.25, 0.3) is 0 Å². The fourth-order valence-electron chi connectivity index (χ4n) is 2.84. The summed E-state index contributed by atoms with van der Waals surface area (Å²) in [5, 5.41) is 17.7. The molecule has 26 heavy (non-hydrogen) atoms. The Balaban J connectivity index is 2.04. The summed E-state index contributed by atoms with van der Waals surface area (Å²) in [6.45, 7) is 2.77. The van der Waals surface area contributed by atoms with Gasteiger partial charge in [-0.1, -0.05) is 19.1 Å². The third-order valence-corrected chi connectivity index (χ3v) is 8.97. The number of phenols is 1. The quantitative estimate of drug-likeness (QED) is 0.664. The third kappa shape index (κ3) is 3.63. The number of fused-ring (bicyclic) bond motifs is 1. The molecular formula is C15H19N3O5S3. The van der Waals surface area contributed by atoms with E-state index in [-0.39, 0.29) is 33.3 Å². The predicted molar refractivity (Wildman–Crippen MR) is 97.8 cm³/mol. The van der Waals surface area contributed by atoms with Gasteiger partial charge in [-0.2, -0.15) is 4.31 Å². The van der Waals surface area contributed by atoms with E-state index < -0.39 is 20.0 Å². The molecule has 0 saturated carbocycles. The normalized spacial score (nSPS) is 20.0. The lowest BCUT2D eigenvalue weighted by atomic mass is 10.1. The third-order valence-electron chi connectivity index (χ3n) is 4.06. The fraction of sp³-hybridized carbons (Fsp3) is 0.333. The highest BCUT2D eigenvalue weighted by Crippen LogP contribution is 2.40. The Morgan fingerprint density at radius 3 is 2.58 bits per heavy atom. The van der Waals surface area contributed by atoms with Crippen LogP contribution in [0.3, 0.4) is 0 Å². The molecule has 1 aliphatic heterocycles. The average Bonchev–Trinajstić information content (AvgIpc) is 3.01. The molecule has 2 aromatic rings. The molecule has 4 N–H and O–H groups in total. The van der Waals surface area contributed by atoms with Gasteiger partial charge >= 0.3 is 0 Å². The van der Waals surface area contributed by atoms with Gasteiger partial charge in [0.2, 0.25) is 10.0 Å². The van der Waals surface area contributed by atoms with Crippen LogP contribution in [0, 0.1) is 0 Å². The summed E-state index contributed by atoms with van der Waals surface area (Å²) in [5.41, 5.74) is 1.15. The molecule has 1 aromatic heterocycles. The number of phenolic OH excluding ortho intramolecular Hbond substituents is 1. The number of primary sulfonamides is 1. The van der Waals surface area contributed by atoms with E-state index in [1.807, 2.05) is 6.92 Å². The summed E-state index contributed by atoms with van der Waals surface area (Å²) in [5.74, 6) is 0.0964. The lowest BCUT2D eigenvalue weighted by Crippen LogP contribution is -2.42. The monoisotopic (exact) mass is 417 g/mol.